The molecular weight excluding hydrogens is 282 g/mol. The van der Waals surface area contributed by atoms with E-state index in [0.29, 0.717) is 17.9 Å². The van der Waals surface area contributed by atoms with Crippen molar-refractivity contribution in [2.45, 2.75) is 13.0 Å². The predicted octanol–water partition coefficient (Wildman–Crippen LogP) is 3.43. The number of benzene rings is 1. The first-order valence-electron chi connectivity index (χ1n) is 6.87. The Balaban J connectivity index is 1.88. The highest BCUT2D eigenvalue weighted by molar-refractivity contribution is 7.71. The van der Waals surface area contributed by atoms with Crippen LogP contribution in [0.15, 0.2) is 36.4 Å². The normalized spacial score (nSPS) is 14.1. The van der Waals surface area contributed by atoms with Gasteiger partial charge in [-0.3, -0.25) is 0 Å². The molecule has 1 N–H and O–H groups in total. The summed E-state index contributed by atoms with van der Waals surface area (Å²) in [5.41, 5.74) is 3.89. The van der Waals surface area contributed by atoms with Crippen molar-refractivity contribution in [3.05, 3.63) is 52.3 Å². The predicted molar refractivity (Wildman–Crippen MR) is 83.5 cm³/mol. The number of aromatic amines is 1. The molecule has 3 aromatic rings. The zero-order valence-electron chi connectivity index (χ0n) is 11.3. The van der Waals surface area contributed by atoms with Gasteiger partial charge in [-0.25, -0.2) is 9.97 Å². The molecule has 0 saturated carbocycles. The number of hydrogen-bond donors (Lipinski definition) is 1. The number of nitrogens with one attached hydrogen (secondary N) is 1. The summed E-state index contributed by atoms with van der Waals surface area (Å²) in [7, 11) is 0. The van der Waals surface area contributed by atoms with Crippen molar-refractivity contribution in [2.75, 3.05) is 6.61 Å². The van der Waals surface area contributed by atoms with Gasteiger partial charge in [0.25, 0.3) is 0 Å². The van der Waals surface area contributed by atoms with Crippen LogP contribution >= 0.6 is 12.2 Å². The van der Waals surface area contributed by atoms with Crippen molar-refractivity contribution in [3.63, 3.8) is 0 Å². The maximum Gasteiger partial charge on any atom is 0.157 e. The summed E-state index contributed by atoms with van der Waals surface area (Å²) in [5, 5.41) is 1.12. The molecule has 0 bridgehead atoms. The quantitative estimate of drug-likeness (QED) is 0.699. The third kappa shape index (κ3) is 2.24. The minimum absolute atomic E-state index is 0.545. The number of fused-ring (bicyclic) bond motifs is 2. The molecule has 1 aliphatic rings. The van der Waals surface area contributed by atoms with E-state index in [1.807, 2.05) is 30.3 Å². The molecule has 1 aliphatic heterocycles. The average Bonchev–Trinajstić information content (AvgIpc) is 2.54. The van der Waals surface area contributed by atoms with Gasteiger partial charge in [-0.15, -0.1) is 0 Å². The number of nitrogens with zero attached hydrogens (tertiary/aromatic N) is 2. The zero-order valence-corrected chi connectivity index (χ0v) is 12.1. The molecule has 0 spiro atoms. The molecule has 1 aromatic carbocycles. The topological polar surface area (TPSA) is 50.8 Å². The van der Waals surface area contributed by atoms with Crippen molar-refractivity contribution < 1.29 is 4.74 Å². The fourth-order valence-corrected chi connectivity index (χ4v) is 2.85. The summed E-state index contributed by atoms with van der Waals surface area (Å²) < 4.78 is 6.04. The maximum atomic E-state index is 5.44. The van der Waals surface area contributed by atoms with Crippen LogP contribution in [0, 0.1) is 4.64 Å². The second-order valence-electron chi connectivity index (χ2n) is 5.04. The van der Waals surface area contributed by atoms with E-state index in [0.717, 1.165) is 40.1 Å². The standard InChI is InChI=1S/C16H13N3OS/c21-16-11-9-20-8-7-13(11)18-15(19-16)14-6-5-10-3-1-2-4-12(10)17-14/h1-6H,7-9H2,(H,18,19,21). The van der Waals surface area contributed by atoms with Gasteiger partial charge in [0, 0.05) is 23.1 Å². The highest BCUT2D eigenvalue weighted by Crippen LogP contribution is 2.22. The Morgan fingerprint density at radius 1 is 1.10 bits per heavy atom. The number of aromatic nitrogens is 3. The van der Waals surface area contributed by atoms with Crippen LogP contribution in [-0.4, -0.2) is 21.6 Å². The number of pyridine rings is 1. The average molecular weight is 295 g/mol. The Morgan fingerprint density at radius 2 is 2.00 bits per heavy atom. The summed E-state index contributed by atoms with van der Waals surface area (Å²) in [6.45, 7) is 1.26. The van der Waals surface area contributed by atoms with Gasteiger partial charge in [-0.2, -0.15) is 0 Å². The maximum absolute atomic E-state index is 5.44. The molecule has 2 aromatic heterocycles. The fourth-order valence-electron chi connectivity index (χ4n) is 2.57. The van der Waals surface area contributed by atoms with E-state index >= 15 is 0 Å². The van der Waals surface area contributed by atoms with Gasteiger partial charge in [0.1, 0.15) is 10.3 Å². The lowest BCUT2D eigenvalue weighted by Crippen LogP contribution is -2.14. The van der Waals surface area contributed by atoms with Crippen LogP contribution < -0.4 is 0 Å². The molecule has 5 heteroatoms. The molecule has 3 heterocycles. The van der Waals surface area contributed by atoms with Crippen LogP contribution in [0.2, 0.25) is 0 Å². The monoisotopic (exact) mass is 295 g/mol. The number of rotatable bonds is 1. The highest BCUT2D eigenvalue weighted by atomic mass is 32.1. The summed E-state index contributed by atoms with van der Waals surface area (Å²) in [6, 6.07) is 12.1. The molecule has 0 amide bonds. The second kappa shape index (κ2) is 5.02. The molecule has 0 fully saturated rings. The van der Waals surface area contributed by atoms with Gasteiger partial charge in [0.05, 0.1) is 18.7 Å². The van der Waals surface area contributed by atoms with E-state index in [-0.39, 0.29) is 0 Å². The smallest absolute Gasteiger partial charge is 0.157 e. The molecular formula is C16H13N3OS. The van der Waals surface area contributed by atoms with E-state index in [9.17, 15) is 0 Å². The minimum Gasteiger partial charge on any atom is -0.376 e. The molecule has 0 saturated heterocycles. The number of ether oxygens (including phenoxy) is 1. The van der Waals surface area contributed by atoms with Gasteiger partial charge in [-0.05, 0) is 12.1 Å². The van der Waals surface area contributed by atoms with E-state index < -0.39 is 0 Å². The fraction of sp³-hybridized carbons (Fsp3) is 0.188. The van der Waals surface area contributed by atoms with E-state index in [2.05, 4.69) is 21.0 Å². The summed E-state index contributed by atoms with van der Waals surface area (Å²) >= 11 is 5.38. The number of para-hydroxylation sites is 1. The first kappa shape index (κ1) is 12.6. The minimum atomic E-state index is 0.545. The Morgan fingerprint density at radius 3 is 2.95 bits per heavy atom. The third-order valence-electron chi connectivity index (χ3n) is 3.69. The van der Waals surface area contributed by atoms with Crippen molar-refractivity contribution in [3.8, 4) is 11.5 Å². The first-order chi connectivity index (χ1) is 10.3. The highest BCUT2D eigenvalue weighted by Gasteiger charge is 2.15. The lowest BCUT2D eigenvalue weighted by Gasteiger charge is -2.17. The largest absolute Gasteiger partial charge is 0.376 e. The molecule has 4 rings (SSSR count). The zero-order chi connectivity index (χ0) is 14.2. The Hall–Kier alpha value is -2.11. The summed E-state index contributed by atoms with van der Waals surface area (Å²) in [6.07, 6.45) is 0.835. The van der Waals surface area contributed by atoms with Crippen LogP contribution in [0.5, 0.6) is 0 Å². The van der Waals surface area contributed by atoms with Crippen LogP contribution in [0.3, 0.4) is 0 Å². The Bertz CT molecular complexity index is 888. The summed E-state index contributed by atoms with van der Waals surface area (Å²) in [4.78, 5) is 12.5. The Kier molecular flexibility index (Phi) is 3.02. The molecule has 0 unspecified atom stereocenters. The number of H-pyrrole nitrogens is 1. The molecule has 0 aliphatic carbocycles. The first-order valence-corrected chi connectivity index (χ1v) is 7.28. The van der Waals surface area contributed by atoms with Crippen LogP contribution in [0.1, 0.15) is 11.3 Å². The van der Waals surface area contributed by atoms with Crippen LogP contribution in [0.4, 0.5) is 0 Å². The SMILES string of the molecule is S=c1nc(-c2ccc3ccccc3n2)[nH]c2c1COCC2. The Labute approximate surface area is 126 Å². The molecule has 0 radical (unpaired) electrons. The lowest BCUT2D eigenvalue weighted by molar-refractivity contribution is 0.108. The van der Waals surface area contributed by atoms with E-state index in [1.165, 1.54) is 0 Å². The van der Waals surface area contributed by atoms with Crippen molar-refractivity contribution in [2.24, 2.45) is 0 Å². The molecule has 4 nitrogen and oxygen atoms in total. The van der Waals surface area contributed by atoms with Gasteiger partial charge in [-0.1, -0.05) is 36.5 Å². The molecule has 104 valence electrons. The van der Waals surface area contributed by atoms with E-state index in [1.54, 1.807) is 0 Å². The van der Waals surface area contributed by atoms with E-state index in [4.69, 9.17) is 17.0 Å². The van der Waals surface area contributed by atoms with Gasteiger partial charge >= 0.3 is 0 Å². The van der Waals surface area contributed by atoms with Crippen LogP contribution in [-0.2, 0) is 17.8 Å². The second-order valence-corrected chi connectivity index (χ2v) is 5.43. The lowest BCUT2D eigenvalue weighted by atomic mass is 10.1. The van der Waals surface area contributed by atoms with Crippen molar-refractivity contribution in [1.29, 1.82) is 0 Å². The molecule has 0 atom stereocenters. The molecule has 21 heavy (non-hydrogen) atoms. The van der Waals surface area contributed by atoms with Gasteiger partial charge in [0.15, 0.2) is 5.82 Å². The third-order valence-corrected chi connectivity index (χ3v) is 4.03. The van der Waals surface area contributed by atoms with Crippen LogP contribution in [0.25, 0.3) is 22.4 Å². The number of hydrogen-bond acceptors (Lipinski definition) is 4. The van der Waals surface area contributed by atoms with Crippen molar-refractivity contribution in [1.82, 2.24) is 15.0 Å². The summed E-state index contributed by atoms with van der Waals surface area (Å²) in [5.74, 6) is 0.728. The van der Waals surface area contributed by atoms with Crippen molar-refractivity contribution >= 4 is 23.1 Å². The van der Waals surface area contributed by atoms with Gasteiger partial charge < -0.3 is 9.72 Å². The van der Waals surface area contributed by atoms with Gasteiger partial charge in [0.2, 0.25) is 0 Å².